The summed E-state index contributed by atoms with van der Waals surface area (Å²) in [5, 5.41) is 1.55. The zero-order valence-corrected chi connectivity index (χ0v) is 16.6. The highest BCUT2D eigenvalue weighted by molar-refractivity contribution is 7.92. The predicted octanol–water partition coefficient (Wildman–Crippen LogP) is 3.07. The lowest BCUT2D eigenvalue weighted by atomic mass is 10.3. The molecule has 28 heavy (non-hydrogen) atoms. The van der Waals surface area contributed by atoms with Crippen LogP contribution in [0, 0.1) is 0 Å². The Bertz CT molecular complexity index is 1040. The van der Waals surface area contributed by atoms with Crippen molar-refractivity contribution < 1.29 is 17.9 Å². The van der Waals surface area contributed by atoms with Gasteiger partial charge in [-0.15, -0.1) is 0 Å². The topological polar surface area (TPSA) is 89.8 Å². The van der Waals surface area contributed by atoms with E-state index in [1.165, 1.54) is 6.92 Å². The third-order valence-corrected chi connectivity index (χ3v) is 6.57. The quantitative estimate of drug-likeness (QED) is 0.627. The number of sulfone groups is 1. The van der Waals surface area contributed by atoms with Crippen LogP contribution in [0.1, 0.15) is 26.0 Å². The smallest absolute Gasteiger partial charge is 0.242 e. The number of pyridine rings is 1. The Morgan fingerprint density at radius 3 is 2.82 bits per heavy atom. The van der Waals surface area contributed by atoms with Crippen molar-refractivity contribution in [2.75, 3.05) is 11.1 Å². The molecule has 0 aliphatic heterocycles. The lowest BCUT2D eigenvalue weighted by Crippen LogP contribution is -2.34. The lowest BCUT2D eigenvalue weighted by molar-refractivity contribution is -0.115. The van der Waals surface area contributed by atoms with E-state index in [4.69, 9.17) is 4.74 Å². The van der Waals surface area contributed by atoms with Crippen LogP contribution in [-0.4, -0.2) is 34.7 Å². The maximum absolute atomic E-state index is 12.3. The third kappa shape index (κ3) is 4.69. The number of ether oxygens (including phenoxy) is 1. The van der Waals surface area contributed by atoms with Crippen molar-refractivity contribution in [1.82, 2.24) is 9.38 Å². The van der Waals surface area contributed by atoms with Crippen LogP contribution >= 0.6 is 0 Å². The van der Waals surface area contributed by atoms with E-state index in [1.54, 1.807) is 31.2 Å². The number of carbonyl (C=O) groups excluding carboxylic acids is 1. The van der Waals surface area contributed by atoms with E-state index in [-0.39, 0.29) is 12.4 Å². The first-order valence-electron chi connectivity index (χ1n) is 9.07. The molecule has 0 bridgehead atoms. The van der Waals surface area contributed by atoms with Crippen LogP contribution < -0.4 is 10.1 Å². The molecule has 0 spiro atoms. The molecule has 0 aliphatic rings. The van der Waals surface area contributed by atoms with Gasteiger partial charge in [0, 0.05) is 24.1 Å². The van der Waals surface area contributed by atoms with Gasteiger partial charge < -0.3 is 14.5 Å². The first-order valence-corrected chi connectivity index (χ1v) is 10.8. The average molecular weight is 401 g/mol. The maximum atomic E-state index is 12.3. The first kappa shape index (κ1) is 19.9. The molecule has 8 heteroatoms. The second-order valence-electron chi connectivity index (χ2n) is 6.51. The van der Waals surface area contributed by atoms with Gasteiger partial charge in [0.05, 0.1) is 11.4 Å². The molecule has 1 atom stereocenters. The number of aromatic nitrogens is 2. The van der Waals surface area contributed by atoms with Gasteiger partial charge in [-0.05, 0) is 37.6 Å². The second-order valence-corrected chi connectivity index (χ2v) is 8.95. The van der Waals surface area contributed by atoms with Crippen molar-refractivity contribution in [3.63, 3.8) is 0 Å². The number of benzene rings is 1. The van der Waals surface area contributed by atoms with Crippen LogP contribution in [0.2, 0.25) is 0 Å². The number of nitrogens with one attached hydrogen (secondary N) is 1. The Morgan fingerprint density at radius 2 is 2.07 bits per heavy atom. The van der Waals surface area contributed by atoms with Gasteiger partial charge >= 0.3 is 0 Å². The zero-order chi connectivity index (χ0) is 20.1. The average Bonchev–Trinajstić information content (AvgIpc) is 3.09. The van der Waals surface area contributed by atoms with Crippen molar-refractivity contribution in [2.24, 2.45) is 0 Å². The molecule has 3 aromatic rings. The fourth-order valence-electron chi connectivity index (χ4n) is 2.75. The molecule has 0 saturated carbocycles. The van der Waals surface area contributed by atoms with Crippen LogP contribution in [0.5, 0.6) is 5.75 Å². The van der Waals surface area contributed by atoms with Crippen molar-refractivity contribution in [2.45, 2.75) is 32.1 Å². The molecule has 0 fully saturated rings. The zero-order valence-electron chi connectivity index (χ0n) is 15.8. The highest BCUT2D eigenvalue weighted by Crippen LogP contribution is 2.19. The van der Waals surface area contributed by atoms with Crippen LogP contribution in [0.25, 0.3) is 5.65 Å². The molecule has 148 valence electrons. The standard InChI is InChI=1S/C20H23N3O4S/c1-3-11-28(25,26)15(2)20(24)22-16-7-6-8-18(12-16)27-14-17-13-23-10-5-4-9-19(23)21-17/h4-10,12-13,15H,3,11,14H2,1-2H3,(H,22,24). The Balaban J connectivity index is 1.64. The van der Waals surface area contributed by atoms with Gasteiger partial charge in [0.2, 0.25) is 5.91 Å². The van der Waals surface area contributed by atoms with Crippen molar-refractivity contribution in [3.05, 3.63) is 60.6 Å². The lowest BCUT2D eigenvalue weighted by Gasteiger charge is -2.13. The molecular formula is C20H23N3O4S. The minimum Gasteiger partial charge on any atom is -0.487 e. The summed E-state index contributed by atoms with van der Waals surface area (Å²) in [4.78, 5) is 16.7. The third-order valence-electron chi connectivity index (χ3n) is 4.30. The number of carbonyl (C=O) groups is 1. The molecule has 3 rings (SSSR count). The molecule has 7 nitrogen and oxygen atoms in total. The summed E-state index contributed by atoms with van der Waals surface area (Å²) in [5.41, 5.74) is 2.10. The molecule has 0 radical (unpaired) electrons. The monoisotopic (exact) mass is 401 g/mol. The summed E-state index contributed by atoms with van der Waals surface area (Å²) in [6, 6.07) is 12.6. The number of anilines is 1. The fourth-order valence-corrected chi connectivity index (χ4v) is 4.05. The van der Waals surface area contributed by atoms with Gasteiger partial charge in [0.15, 0.2) is 9.84 Å². The van der Waals surface area contributed by atoms with Gasteiger partial charge in [-0.3, -0.25) is 4.79 Å². The van der Waals surface area contributed by atoms with Crippen molar-refractivity contribution >= 4 is 27.1 Å². The van der Waals surface area contributed by atoms with E-state index in [0.717, 1.165) is 11.3 Å². The number of rotatable bonds is 8. The summed E-state index contributed by atoms with van der Waals surface area (Å²) in [7, 11) is -3.45. The molecule has 1 aromatic carbocycles. The predicted molar refractivity (Wildman–Crippen MR) is 108 cm³/mol. The summed E-state index contributed by atoms with van der Waals surface area (Å²) >= 11 is 0. The number of hydrogen-bond donors (Lipinski definition) is 1. The summed E-state index contributed by atoms with van der Waals surface area (Å²) in [5.74, 6) is -0.00565. The number of nitrogens with zero attached hydrogens (tertiary/aromatic N) is 2. The molecule has 1 N–H and O–H groups in total. The van der Waals surface area contributed by atoms with E-state index in [2.05, 4.69) is 10.3 Å². The van der Waals surface area contributed by atoms with Crippen LogP contribution in [-0.2, 0) is 21.2 Å². The van der Waals surface area contributed by atoms with Gasteiger partial charge in [-0.1, -0.05) is 19.1 Å². The number of amides is 1. The number of imidazole rings is 1. The molecular weight excluding hydrogens is 378 g/mol. The Hall–Kier alpha value is -2.87. The molecule has 0 saturated heterocycles. The van der Waals surface area contributed by atoms with Gasteiger partial charge in [-0.2, -0.15) is 0 Å². The number of fused-ring (bicyclic) bond motifs is 1. The fraction of sp³-hybridized carbons (Fsp3) is 0.300. The Morgan fingerprint density at radius 1 is 1.25 bits per heavy atom. The summed E-state index contributed by atoms with van der Waals surface area (Å²) in [6.07, 6.45) is 4.28. The van der Waals surface area contributed by atoms with E-state index in [0.29, 0.717) is 17.9 Å². The van der Waals surface area contributed by atoms with Crippen LogP contribution in [0.4, 0.5) is 5.69 Å². The Kier molecular flexibility index (Phi) is 5.99. The SMILES string of the molecule is CCCS(=O)(=O)C(C)C(=O)Nc1cccc(OCc2cn3ccccc3n2)c1. The highest BCUT2D eigenvalue weighted by Gasteiger charge is 2.27. The minimum absolute atomic E-state index is 0.0102. The van der Waals surface area contributed by atoms with E-state index >= 15 is 0 Å². The summed E-state index contributed by atoms with van der Waals surface area (Å²) in [6.45, 7) is 3.45. The maximum Gasteiger partial charge on any atom is 0.242 e. The molecule has 1 amide bonds. The van der Waals surface area contributed by atoms with Crippen LogP contribution in [0.3, 0.4) is 0 Å². The van der Waals surface area contributed by atoms with Gasteiger partial charge in [-0.25, -0.2) is 13.4 Å². The molecule has 0 aliphatic carbocycles. The molecule has 2 aromatic heterocycles. The van der Waals surface area contributed by atoms with E-state index in [9.17, 15) is 13.2 Å². The number of hydrogen-bond acceptors (Lipinski definition) is 5. The normalized spacial score (nSPS) is 12.6. The summed E-state index contributed by atoms with van der Waals surface area (Å²) < 4.78 is 31.8. The Labute approximate surface area is 164 Å². The van der Waals surface area contributed by atoms with Gasteiger partial charge in [0.25, 0.3) is 0 Å². The minimum atomic E-state index is -3.45. The first-order chi connectivity index (χ1) is 13.4. The van der Waals surface area contributed by atoms with Crippen molar-refractivity contribution in [3.8, 4) is 5.75 Å². The largest absolute Gasteiger partial charge is 0.487 e. The van der Waals surface area contributed by atoms with Crippen LogP contribution in [0.15, 0.2) is 54.9 Å². The van der Waals surface area contributed by atoms with E-state index < -0.39 is 21.0 Å². The van der Waals surface area contributed by atoms with E-state index in [1.807, 2.05) is 35.0 Å². The van der Waals surface area contributed by atoms with Crippen molar-refractivity contribution in [1.29, 1.82) is 0 Å². The second kappa shape index (κ2) is 8.43. The highest BCUT2D eigenvalue weighted by atomic mass is 32.2. The molecule has 1 unspecified atom stereocenters. The molecule has 2 heterocycles. The van der Waals surface area contributed by atoms with Gasteiger partial charge in [0.1, 0.15) is 23.3 Å².